The van der Waals surface area contributed by atoms with Crippen molar-refractivity contribution in [2.45, 2.75) is 19.8 Å². The number of benzene rings is 3. The summed E-state index contributed by atoms with van der Waals surface area (Å²) in [6, 6.07) is 20.3. The van der Waals surface area contributed by atoms with Crippen molar-refractivity contribution >= 4 is 17.4 Å². The fourth-order valence-corrected chi connectivity index (χ4v) is 2.87. The maximum atomic E-state index is 13.2. The van der Waals surface area contributed by atoms with E-state index in [2.05, 4.69) is 5.32 Å². The molecule has 1 amide bonds. The van der Waals surface area contributed by atoms with E-state index in [9.17, 15) is 14.0 Å². The van der Waals surface area contributed by atoms with E-state index in [4.69, 9.17) is 0 Å². The van der Waals surface area contributed by atoms with Crippen LogP contribution in [-0.4, -0.2) is 11.7 Å². The fraction of sp³-hybridized carbons (Fsp3) is 0.130. The molecule has 27 heavy (non-hydrogen) atoms. The lowest BCUT2D eigenvalue weighted by Gasteiger charge is -2.15. The van der Waals surface area contributed by atoms with E-state index in [0.717, 1.165) is 5.56 Å². The molecule has 136 valence electrons. The van der Waals surface area contributed by atoms with Crippen molar-refractivity contribution in [3.05, 3.63) is 101 Å². The van der Waals surface area contributed by atoms with Crippen molar-refractivity contribution in [1.82, 2.24) is 0 Å². The Kier molecular flexibility index (Phi) is 5.46. The van der Waals surface area contributed by atoms with Gasteiger partial charge in [-0.25, -0.2) is 4.39 Å². The van der Waals surface area contributed by atoms with Crippen LogP contribution in [0, 0.1) is 12.7 Å². The van der Waals surface area contributed by atoms with Gasteiger partial charge >= 0.3 is 0 Å². The minimum Gasteiger partial charge on any atom is -0.325 e. The highest BCUT2D eigenvalue weighted by Crippen LogP contribution is 2.22. The average Bonchev–Trinajstić information content (AvgIpc) is 2.69. The van der Waals surface area contributed by atoms with E-state index in [1.54, 1.807) is 50.2 Å². The summed E-state index contributed by atoms with van der Waals surface area (Å²) in [4.78, 5) is 25.2. The van der Waals surface area contributed by atoms with Crippen LogP contribution in [0.4, 0.5) is 10.1 Å². The number of nitrogens with one attached hydrogen (secondary N) is 1. The van der Waals surface area contributed by atoms with Gasteiger partial charge in [-0.2, -0.15) is 0 Å². The molecule has 0 fully saturated rings. The number of halogens is 1. The summed E-state index contributed by atoms with van der Waals surface area (Å²) < 4.78 is 13.2. The summed E-state index contributed by atoms with van der Waals surface area (Å²) in [5.41, 5.74) is 3.12. The Balaban J connectivity index is 1.79. The molecular weight excluding hydrogens is 341 g/mol. The number of carbonyl (C=O) groups is 2. The number of anilines is 1. The van der Waals surface area contributed by atoms with Crippen molar-refractivity contribution in [2.24, 2.45) is 0 Å². The van der Waals surface area contributed by atoms with Gasteiger partial charge in [-0.05, 0) is 49.2 Å². The number of carbonyl (C=O) groups excluding carboxylic acids is 2. The van der Waals surface area contributed by atoms with E-state index < -0.39 is 5.92 Å². The number of aryl methyl sites for hydroxylation is 1. The van der Waals surface area contributed by atoms with Crippen LogP contribution in [0.15, 0.2) is 72.8 Å². The van der Waals surface area contributed by atoms with Gasteiger partial charge in [0, 0.05) is 16.8 Å². The largest absolute Gasteiger partial charge is 0.325 e. The van der Waals surface area contributed by atoms with Gasteiger partial charge in [-0.3, -0.25) is 9.59 Å². The number of hydrogen-bond donors (Lipinski definition) is 1. The molecule has 0 spiro atoms. The van der Waals surface area contributed by atoms with Crippen molar-refractivity contribution in [1.29, 1.82) is 0 Å². The van der Waals surface area contributed by atoms with E-state index >= 15 is 0 Å². The molecule has 4 heteroatoms. The monoisotopic (exact) mass is 361 g/mol. The minimum atomic E-state index is -0.460. The SMILES string of the molecule is Cc1cc(F)ccc1NC(=O)[C@H](C)c1cccc(C(=O)c2ccccc2)c1. The second kappa shape index (κ2) is 7.96. The Bertz CT molecular complexity index is 983. The molecule has 0 saturated carbocycles. The lowest BCUT2D eigenvalue weighted by Crippen LogP contribution is -2.19. The Morgan fingerprint density at radius 1 is 0.889 bits per heavy atom. The first kappa shape index (κ1) is 18.5. The highest BCUT2D eigenvalue weighted by Gasteiger charge is 2.18. The smallest absolute Gasteiger partial charge is 0.231 e. The van der Waals surface area contributed by atoms with Gasteiger partial charge in [0.15, 0.2) is 5.78 Å². The summed E-state index contributed by atoms with van der Waals surface area (Å²) >= 11 is 0. The molecule has 0 heterocycles. The number of rotatable bonds is 5. The fourth-order valence-electron chi connectivity index (χ4n) is 2.87. The zero-order valence-corrected chi connectivity index (χ0v) is 15.2. The van der Waals surface area contributed by atoms with Gasteiger partial charge in [-0.1, -0.05) is 48.5 Å². The molecular formula is C23H20FNO2. The van der Waals surface area contributed by atoms with Crippen LogP contribution in [0.25, 0.3) is 0 Å². The van der Waals surface area contributed by atoms with E-state index in [-0.39, 0.29) is 17.5 Å². The first-order valence-electron chi connectivity index (χ1n) is 8.72. The third-order valence-corrected chi connectivity index (χ3v) is 4.52. The molecule has 0 saturated heterocycles. The molecule has 1 N–H and O–H groups in total. The third kappa shape index (κ3) is 4.29. The molecule has 1 atom stereocenters. The Labute approximate surface area is 157 Å². The van der Waals surface area contributed by atoms with Crippen molar-refractivity contribution in [2.75, 3.05) is 5.32 Å². The van der Waals surface area contributed by atoms with Crippen LogP contribution in [0.5, 0.6) is 0 Å². The van der Waals surface area contributed by atoms with E-state index in [1.807, 2.05) is 24.3 Å². The van der Waals surface area contributed by atoms with Crippen molar-refractivity contribution < 1.29 is 14.0 Å². The molecule has 0 bridgehead atoms. The van der Waals surface area contributed by atoms with Gasteiger partial charge in [0.05, 0.1) is 5.92 Å². The summed E-state index contributed by atoms with van der Waals surface area (Å²) in [5, 5.41) is 2.83. The van der Waals surface area contributed by atoms with Crippen LogP contribution >= 0.6 is 0 Å². The number of hydrogen-bond acceptors (Lipinski definition) is 2. The summed E-state index contributed by atoms with van der Waals surface area (Å²) in [5.74, 6) is -1.10. The van der Waals surface area contributed by atoms with E-state index in [1.165, 1.54) is 12.1 Å². The van der Waals surface area contributed by atoms with Crippen molar-refractivity contribution in [3.63, 3.8) is 0 Å². The van der Waals surface area contributed by atoms with Crippen LogP contribution in [-0.2, 0) is 4.79 Å². The maximum Gasteiger partial charge on any atom is 0.231 e. The molecule has 3 aromatic carbocycles. The van der Waals surface area contributed by atoms with Crippen molar-refractivity contribution in [3.8, 4) is 0 Å². The first-order valence-corrected chi connectivity index (χ1v) is 8.72. The van der Waals surface area contributed by atoms with Crippen LogP contribution in [0.2, 0.25) is 0 Å². The lowest BCUT2D eigenvalue weighted by atomic mass is 9.95. The summed E-state index contributed by atoms with van der Waals surface area (Å²) in [6.07, 6.45) is 0. The molecule has 0 aliphatic carbocycles. The first-order chi connectivity index (χ1) is 13.0. The molecule has 0 unspecified atom stereocenters. The minimum absolute atomic E-state index is 0.0839. The standard InChI is InChI=1S/C23H20FNO2/c1-15-13-20(24)11-12-21(15)25-23(27)16(2)18-9-6-10-19(14-18)22(26)17-7-4-3-5-8-17/h3-14,16H,1-2H3,(H,25,27)/t16-/m1/s1. The molecule has 0 radical (unpaired) electrons. The second-order valence-electron chi connectivity index (χ2n) is 6.49. The predicted octanol–water partition coefficient (Wildman–Crippen LogP) is 5.11. The Hall–Kier alpha value is -3.27. The molecule has 0 aliphatic rings. The third-order valence-electron chi connectivity index (χ3n) is 4.52. The number of amides is 1. The average molecular weight is 361 g/mol. The maximum absolute atomic E-state index is 13.2. The zero-order chi connectivity index (χ0) is 19.4. The molecule has 3 nitrogen and oxygen atoms in total. The predicted molar refractivity (Wildman–Crippen MR) is 104 cm³/mol. The normalized spacial score (nSPS) is 11.7. The van der Waals surface area contributed by atoms with Gasteiger partial charge in [0.2, 0.25) is 5.91 Å². The van der Waals surface area contributed by atoms with Crippen LogP contribution in [0.3, 0.4) is 0 Å². The second-order valence-corrected chi connectivity index (χ2v) is 6.49. The van der Waals surface area contributed by atoms with Crippen LogP contribution in [0.1, 0.15) is 39.9 Å². The topological polar surface area (TPSA) is 46.2 Å². The molecule has 3 rings (SSSR count). The zero-order valence-electron chi connectivity index (χ0n) is 15.2. The highest BCUT2D eigenvalue weighted by molar-refractivity contribution is 6.09. The highest BCUT2D eigenvalue weighted by atomic mass is 19.1. The van der Waals surface area contributed by atoms with Crippen LogP contribution < -0.4 is 5.32 Å². The molecule has 0 aliphatic heterocycles. The quantitative estimate of drug-likeness (QED) is 0.642. The van der Waals surface area contributed by atoms with Gasteiger partial charge in [0.25, 0.3) is 0 Å². The number of ketones is 1. The molecule has 0 aromatic heterocycles. The van der Waals surface area contributed by atoms with E-state index in [0.29, 0.717) is 22.4 Å². The lowest BCUT2D eigenvalue weighted by molar-refractivity contribution is -0.117. The van der Waals surface area contributed by atoms with Gasteiger partial charge < -0.3 is 5.32 Å². The Morgan fingerprint density at radius 2 is 1.59 bits per heavy atom. The van der Waals surface area contributed by atoms with Gasteiger partial charge in [-0.15, -0.1) is 0 Å². The summed E-state index contributed by atoms with van der Waals surface area (Å²) in [7, 11) is 0. The molecule has 3 aromatic rings. The Morgan fingerprint density at radius 3 is 2.30 bits per heavy atom. The van der Waals surface area contributed by atoms with Gasteiger partial charge in [0.1, 0.15) is 5.82 Å². The summed E-state index contributed by atoms with van der Waals surface area (Å²) in [6.45, 7) is 3.52.